The first-order valence-corrected chi connectivity index (χ1v) is 8.92. The number of benzene rings is 2. The summed E-state index contributed by atoms with van der Waals surface area (Å²) in [5.74, 6) is 0.525. The molecule has 1 aromatic heterocycles. The molecule has 1 fully saturated rings. The summed E-state index contributed by atoms with van der Waals surface area (Å²) in [5.41, 5.74) is 2.44. The number of esters is 1. The van der Waals surface area contributed by atoms with E-state index in [0.717, 1.165) is 26.7 Å². The first-order valence-electron chi connectivity index (χ1n) is 8.11. The minimum atomic E-state index is -0.256. The predicted octanol–water partition coefficient (Wildman–Crippen LogP) is 3.66. The van der Waals surface area contributed by atoms with Crippen LogP contribution in [-0.2, 0) is 4.74 Å². The number of fused-ring (bicyclic) bond motifs is 1. The van der Waals surface area contributed by atoms with E-state index in [4.69, 9.17) is 9.47 Å². The summed E-state index contributed by atoms with van der Waals surface area (Å²) in [4.78, 5) is 19.1. The lowest BCUT2D eigenvalue weighted by molar-refractivity contribution is 0.0233. The van der Waals surface area contributed by atoms with Crippen LogP contribution in [0.3, 0.4) is 0 Å². The zero-order chi connectivity index (χ0) is 17.4. The molecule has 6 heteroatoms. The van der Waals surface area contributed by atoms with Gasteiger partial charge >= 0.3 is 5.97 Å². The van der Waals surface area contributed by atoms with Crippen LogP contribution < -0.4 is 9.64 Å². The van der Waals surface area contributed by atoms with Crippen molar-refractivity contribution in [3.63, 3.8) is 0 Å². The summed E-state index contributed by atoms with van der Waals surface area (Å²) in [6.07, 6.45) is -0.0963. The zero-order valence-electron chi connectivity index (χ0n) is 14.1. The predicted molar refractivity (Wildman–Crippen MR) is 98.8 cm³/mol. The second kappa shape index (κ2) is 6.37. The van der Waals surface area contributed by atoms with Gasteiger partial charge in [0.25, 0.3) is 0 Å². The normalized spacial score (nSPS) is 14.4. The van der Waals surface area contributed by atoms with Gasteiger partial charge in [0.1, 0.15) is 17.4 Å². The molecule has 1 aliphatic heterocycles. The SMILES string of the molecule is COc1cccc2sc(N3CC(OC(=O)c4ccccc4C)C3)nc12. The van der Waals surface area contributed by atoms with Gasteiger partial charge in [-0.15, -0.1) is 0 Å². The fraction of sp³-hybridized carbons (Fsp3) is 0.263. The molecule has 0 radical (unpaired) electrons. The van der Waals surface area contributed by atoms with Crippen LogP contribution in [0.2, 0.25) is 0 Å². The first-order chi connectivity index (χ1) is 12.2. The van der Waals surface area contributed by atoms with Gasteiger partial charge in [-0.05, 0) is 30.7 Å². The molecule has 1 saturated heterocycles. The summed E-state index contributed by atoms with van der Waals surface area (Å²) in [6, 6.07) is 13.4. The standard InChI is InChI=1S/C19H18N2O3S/c1-12-6-3-4-7-14(12)18(22)24-13-10-21(11-13)19-20-17-15(23-2)8-5-9-16(17)25-19/h3-9,13H,10-11H2,1-2H3. The van der Waals surface area contributed by atoms with E-state index < -0.39 is 0 Å². The number of hydrogen-bond donors (Lipinski definition) is 0. The minimum Gasteiger partial charge on any atom is -0.494 e. The Morgan fingerprint density at radius 3 is 2.76 bits per heavy atom. The summed E-state index contributed by atoms with van der Waals surface area (Å²) < 4.78 is 12.1. The fourth-order valence-corrected chi connectivity index (χ4v) is 3.90. The highest BCUT2D eigenvalue weighted by Gasteiger charge is 2.32. The molecule has 25 heavy (non-hydrogen) atoms. The average Bonchev–Trinajstić information content (AvgIpc) is 3.01. The van der Waals surface area contributed by atoms with E-state index in [2.05, 4.69) is 9.88 Å². The molecular formula is C19H18N2O3S. The van der Waals surface area contributed by atoms with Crippen molar-refractivity contribution in [3.05, 3.63) is 53.6 Å². The van der Waals surface area contributed by atoms with Crippen LogP contribution in [0.5, 0.6) is 5.75 Å². The van der Waals surface area contributed by atoms with Gasteiger partial charge in [-0.3, -0.25) is 0 Å². The lowest BCUT2D eigenvalue weighted by Crippen LogP contribution is -2.53. The molecule has 5 nitrogen and oxygen atoms in total. The molecule has 0 N–H and O–H groups in total. The molecule has 0 bridgehead atoms. The maximum atomic E-state index is 12.3. The van der Waals surface area contributed by atoms with Crippen LogP contribution in [0.25, 0.3) is 10.2 Å². The third kappa shape index (κ3) is 2.93. The maximum absolute atomic E-state index is 12.3. The van der Waals surface area contributed by atoms with Crippen molar-refractivity contribution < 1.29 is 14.3 Å². The molecule has 4 rings (SSSR count). The quantitative estimate of drug-likeness (QED) is 0.669. The Bertz CT molecular complexity index is 931. The molecule has 0 spiro atoms. The van der Waals surface area contributed by atoms with Crippen LogP contribution >= 0.6 is 11.3 Å². The van der Waals surface area contributed by atoms with Gasteiger partial charge in [0.05, 0.1) is 30.5 Å². The number of thiazole rings is 1. The topological polar surface area (TPSA) is 51.7 Å². The molecule has 0 atom stereocenters. The van der Waals surface area contributed by atoms with Crippen molar-refractivity contribution in [1.29, 1.82) is 0 Å². The molecule has 128 valence electrons. The summed E-state index contributed by atoms with van der Waals surface area (Å²) in [6.45, 7) is 3.25. The number of para-hydroxylation sites is 1. The number of rotatable bonds is 4. The summed E-state index contributed by atoms with van der Waals surface area (Å²) in [7, 11) is 1.65. The Balaban J connectivity index is 1.42. The highest BCUT2D eigenvalue weighted by atomic mass is 32.1. The van der Waals surface area contributed by atoms with E-state index in [1.54, 1.807) is 24.5 Å². The second-order valence-corrected chi connectivity index (χ2v) is 7.06. The molecule has 0 amide bonds. The van der Waals surface area contributed by atoms with Gasteiger partial charge in [0.2, 0.25) is 0 Å². The van der Waals surface area contributed by atoms with Crippen LogP contribution in [0.1, 0.15) is 15.9 Å². The molecule has 0 aliphatic carbocycles. The number of aromatic nitrogens is 1. The highest BCUT2D eigenvalue weighted by Crippen LogP contribution is 2.36. The van der Waals surface area contributed by atoms with E-state index >= 15 is 0 Å². The number of carbonyl (C=O) groups is 1. The third-order valence-corrected chi connectivity index (χ3v) is 5.43. The number of nitrogens with zero attached hydrogens (tertiary/aromatic N) is 2. The second-order valence-electron chi connectivity index (χ2n) is 6.05. The van der Waals surface area contributed by atoms with Crippen LogP contribution in [-0.4, -0.2) is 37.3 Å². The molecule has 2 heterocycles. The van der Waals surface area contributed by atoms with Crippen molar-refractivity contribution in [2.24, 2.45) is 0 Å². The van der Waals surface area contributed by atoms with Crippen molar-refractivity contribution in [3.8, 4) is 5.75 Å². The van der Waals surface area contributed by atoms with E-state index in [0.29, 0.717) is 18.7 Å². The fourth-order valence-electron chi connectivity index (χ4n) is 2.90. The van der Waals surface area contributed by atoms with E-state index in [9.17, 15) is 4.79 Å². The smallest absolute Gasteiger partial charge is 0.338 e. The first kappa shape index (κ1) is 15.9. The van der Waals surface area contributed by atoms with Crippen LogP contribution in [0.4, 0.5) is 5.13 Å². The molecule has 0 unspecified atom stereocenters. The van der Waals surface area contributed by atoms with E-state index in [1.807, 2.05) is 43.3 Å². The lowest BCUT2D eigenvalue weighted by atomic mass is 10.1. The van der Waals surface area contributed by atoms with Gasteiger partial charge in [-0.1, -0.05) is 35.6 Å². The van der Waals surface area contributed by atoms with E-state index in [-0.39, 0.29) is 12.1 Å². The number of methoxy groups -OCH3 is 1. The van der Waals surface area contributed by atoms with Crippen molar-refractivity contribution in [1.82, 2.24) is 4.98 Å². The Morgan fingerprint density at radius 2 is 2.00 bits per heavy atom. The number of carbonyl (C=O) groups excluding carboxylic acids is 1. The number of aryl methyl sites for hydroxylation is 1. The maximum Gasteiger partial charge on any atom is 0.338 e. The lowest BCUT2D eigenvalue weighted by Gasteiger charge is -2.38. The Labute approximate surface area is 149 Å². The molecular weight excluding hydrogens is 336 g/mol. The Kier molecular flexibility index (Phi) is 4.05. The monoisotopic (exact) mass is 354 g/mol. The van der Waals surface area contributed by atoms with Crippen molar-refractivity contribution >= 4 is 32.7 Å². The average molecular weight is 354 g/mol. The Hall–Kier alpha value is -2.60. The molecule has 1 aliphatic rings. The Morgan fingerprint density at radius 1 is 1.20 bits per heavy atom. The number of anilines is 1. The molecule has 3 aromatic rings. The van der Waals surface area contributed by atoms with Crippen molar-refractivity contribution in [2.75, 3.05) is 25.1 Å². The van der Waals surface area contributed by atoms with Gasteiger partial charge < -0.3 is 14.4 Å². The zero-order valence-corrected chi connectivity index (χ0v) is 14.9. The van der Waals surface area contributed by atoms with Gasteiger partial charge in [-0.25, -0.2) is 9.78 Å². The third-order valence-electron chi connectivity index (χ3n) is 4.35. The number of ether oxygens (including phenoxy) is 2. The molecule has 2 aromatic carbocycles. The molecule has 0 saturated carbocycles. The van der Waals surface area contributed by atoms with Crippen LogP contribution in [0.15, 0.2) is 42.5 Å². The summed E-state index contributed by atoms with van der Waals surface area (Å²) in [5, 5.41) is 0.933. The van der Waals surface area contributed by atoms with Crippen LogP contribution in [0, 0.1) is 6.92 Å². The van der Waals surface area contributed by atoms with Crippen molar-refractivity contribution in [2.45, 2.75) is 13.0 Å². The minimum absolute atomic E-state index is 0.0963. The van der Waals surface area contributed by atoms with Gasteiger partial charge in [0.15, 0.2) is 5.13 Å². The van der Waals surface area contributed by atoms with E-state index in [1.165, 1.54) is 0 Å². The highest BCUT2D eigenvalue weighted by molar-refractivity contribution is 7.22. The summed E-state index contributed by atoms with van der Waals surface area (Å²) >= 11 is 1.62. The van der Waals surface area contributed by atoms with Gasteiger partial charge in [-0.2, -0.15) is 0 Å². The van der Waals surface area contributed by atoms with Gasteiger partial charge in [0, 0.05) is 0 Å². The largest absolute Gasteiger partial charge is 0.494 e. The number of hydrogen-bond acceptors (Lipinski definition) is 6.